The lowest BCUT2D eigenvalue weighted by Gasteiger charge is -2.34. The summed E-state index contributed by atoms with van der Waals surface area (Å²) in [4.78, 5) is 32.1. The van der Waals surface area contributed by atoms with Crippen molar-refractivity contribution in [3.05, 3.63) is 60.4 Å². The Hall–Kier alpha value is -2.89. The molecule has 0 spiro atoms. The number of aromatic nitrogens is 1. The molecule has 1 saturated heterocycles. The number of rotatable bonds is 5. The summed E-state index contributed by atoms with van der Waals surface area (Å²) in [7, 11) is 0. The van der Waals surface area contributed by atoms with Crippen LogP contribution in [0.4, 0.5) is 0 Å². The maximum atomic E-state index is 12.4. The van der Waals surface area contributed by atoms with E-state index < -0.39 is 0 Å². The van der Waals surface area contributed by atoms with Gasteiger partial charge in [0.25, 0.3) is 5.91 Å². The molecule has 1 aromatic carbocycles. The molecule has 1 fully saturated rings. The number of pyridine rings is 1. The molecule has 0 atom stereocenters. The van der Waals surface area contributed by atoms with Crippen molar-refractivity contribution in [3.63, 3.8) is 0 Å². The minimum absolute atomic E-state index is 0.0121. The fourth-order valence-corrected chi connectivity index (χ4v) is 2.77. The molecule has 0 N–H and O–H groups in total. The molecule has 0 aliphatic carbocycles. The van der Waals surface area contributed by atoms with Crippen LogP contribution in [0.5, 0.6) is 5.75 Å². The fraction of sp³-hybridized carbons (Fsp3) is 0.316. The number of amides is 2. The molecule has 6 nitrogen and oxygen atoms in total. The Bertz CT molecular complexity index is 698. The zero-order valence-electron chi connectivity index (χ0n) is 14.0. The quantitative estimate of drug-likeness (QED) is 0.834. The van der Waals surface area contributed by atoms with Crippen LogP contribution >= 0.6 is 0 Å². The third-order valence-electron chi connectivity index (χ3n) is 4.17. The van der Waals surface area contributed by atoms with Gasteiger partial charge in [-0.05, 0) is 24.3 Å². The molecule has 0 radical (unpaired) electrons. The number of hydrogen-bond donors (Lipinski definition) is 0. The van der Waals surface area contributed by atoms with Gasteiger partial charge in [0.15, 0.2) is 0 Å². The predicted octanol–water partition coefficient (Wildman–Crippen LogP) is 1.84. The van der Waals surface area contributed by atoms with E-state index >= 15 is 0 Å². The van der Waals surface area contributed by atoms with Crippen molar-refractivity contribution in [1.82, 2.24) is 14.8 Å². The van der Waals surface area contributed by atoms with E-state index in [2.05, 4.69) is 4.98 Å². The SMILES string of the molecule is O=C(CCOc1ccccc1)N1CCN(C(=O)c2ccncc2)CC1. The Morgan fingerprint density at radius 3 is 2.24 bits per heavy atom. The molecule has 130 valence electrons. The summed E-state index contributed by atoms with van der Waals surface area (Å²) < 4.78 is 5.57. The number of piperazine rings is 1. The number of carbonyl (C=O) groups is 2. The maximum absolute atomic E-state index is 12.4. The van der Waals surface area contributed by atoms with Crippen LogP contribution in [0, 0.1) is 0 Å². The first-order chi connectivity index (χ1) is 12.2. The number of hydrogen-bond acceptors (Lipinski definition) is 4. The second-order valence-corrected chi connectivity index (χ2v) is 5.82. The first kappa shape index (κ1) is 17.0. The van der Waals surface area contributed by atoms with E-state index in [4.69, 9.17) is 4.74 Å². The third kappa shape index (κ3) is 4.56. The third-order valence-corrected chi connectivity index (χ3v) is 4.17. The highest BCUT2D eigenvalue weighted by Gasteiger charge is 2.24. The number of carbonyl (C=O) groups excluding carboxylic acids is 2. The lowest BCUT2D eigenvalue weighted by molar-refractivity contribution is -0.133. The van der Waals surface area contributed by atoms with Crippen molar-refractivity contribution in [2.24, 2.45) is 0 Å². The van der Waals surface area contributed by atoms with Gasteiger partial charge in [0.1, 0.15) is 5.75 Å². The van der Waals surface area contributed by atoms with Crippen LogP contribution in [0.2, 0.25) is 0 Å². The van der Waals surface area contributed by atoms with Gasteiger partial charge in [0.05, 0.1) is 13.0 Å². The average molecular weight is 339 g/mol. The van der Waals surface area contributed by atoms with Crippen LogP contribution < -0.4 is 4.74 Å². The van der Waals surface area contributed by atoms with Gasteiger partial charge in [-0.2, -0.15) is 0 Å². The van der Waals surface area contributed by atoms with E-state index in [0.717, 1.165) is 5.75 Å². The van der Waals surface area contributed by atoms with Gasteiger partial charge in [-0.3, -0.25) is 14.6 Å². The molecule has 1 aliphatic heterocycles. The summed E-state index contributed by atoms with van der Waals surface area (Å²) in [6, 6.07) is 12.9. The van der Waals surface area contributed by atoms with Gasteiger partial charge in [0, 0.05) is 44.1 Å². The normalized spacial score (nSPS) is 14.2. The summed E-state index contributed by atoms with van der Waals surface area (Å²) in [6.45, 7) is 2.57. The van der Waals surface area contributed by atoms with E-state index in [9.17, 15) is 9.59 Å². The summed E-state index contributed by atoms with van der Waals surface area (Å²) in [6.07, 6.45) is 3.56. The first-order valence-corrected chi connectivity index (χ1v) is 8.39. The Kier molecular flexibility index (Phi) is 5.61. The van der Waals surface area contributed by atoms with Crippen molar-refractivity contribution in [2.75, 3.05) is 32.8 Å². The van der Waals surface area contributed by atoms with E-state index in [1.807, 2.05) is 30.3 Å². The minimum Gasteiger partial charge on any atom is -0.493 e. The molecule has 3 rings (SSSR count). The van der Waals surface area contributed by atoms with Gasteiger partial charge in [-0.1, -0.05) is 18.2 Å². The first-order valence-electron chi connectivity index (χ1n) is 8.39. The van der Waals surface area contributed by atoms with Gasteiger partial charge in [-0.15, -0.1) is 0 Å². The zero-order chi connectivity index (χ0) is 17.5. The maximum Gasteiger partial charge on any atom is 0.254 e. The summed E-state index contributed by atoms with van der Waals surface area (Å²) in [5.41, 5.74) is 0.631. The lowest BCUT2D eigenvalue weighted by atomic mass is 10.2. The van der Waals surface area contributed by atoms with Gasteiger partial charge in [-0.25, -0.2) is 0 Å². The van der Waals surface area contributed by atoms with Crippen LogP contribution in [-0.4, -0.2) is 59.4 Å². The average Bonchev–Trinajstić information content (AvgIpc) is 2.69. The molecule has 2 heterocycles. The lowest BCUT2D eigenvalue weighted by Crippen LogP contribution is -2.50. The molecule has 6 heteroatoms. The highest BCUT2D eigenvalue weighted by molar-refractivity contribution is 5.94. The molecule has 25 heavy (non-hydrogen) atoms. The largest absolute Gasteiger partial charge is 0.493 e. The Morgan fingerprint density at radius 1 is 0.920 bits per heavy atom. The highest BCUT2D eigenvalue weighted by Crippen LogP contribution is 2.11. The summed E-state index contributed by atoms with van der Waals surface area (Å²) in [5, 5.41) is 0. The highest BCUT2D eigenvalue weighted by atomic mass is 16.5. The molecular formula is C19H21N3O3. The second-order valence-electron chi connectivity index (χ2n) is 5.82. The van der Waals surface area contributed by atoms with Crippen molar-refractivity contribution in [3.8, 4) is 5.75 Å². The van der Waals surface area contributed by atoms with Crippen LogP contribution in [0.15, 0.2) is 54.9 Å². The number of benzene rings is 1. The Labute approximate surface area is 147 Å². The number of para-hydroxylation sites is 1. The van der Waals surface area contributed by atoms with Crippen molar-refractivity contribution >= 4 is 11.8 Å². The zero-order valence-corrected chi connectivity index (χ0v) is 14.0. The molecule has 2 amide bonds. The Morgan fingerprint density at radius 2 is 1.56 bits per heavy atom. The van der Waals surface area contributed by atoms with E-state index in [0.29, 0.717) is 44.8 Å². The molecule has 0 saturated carbocycles. The molecule has 0 unspecified atom stereocenters. The molecule has 2 aromatic rings. The van der Waals surface area contributed by atoms with Crippen LogP contribution in [0.1, 0.15) is 16.8 Å². The fourth-order valence-electron chi connectivity index (χ4n) is 2.77. The van der Waals surface area contributed by atoms with Gasteiger partial charge in [0.2, 0.25) is 5.91 Å². The van der Waals surface area contributed by atoms with Crippen LogP contribution in [-0.2, 0) is 4.79 Å². The van der Waals surface area contributed by atoms with E-state index in [1.165, 1.54) is 0 Å². The minimum atomic E-state index is -0.0121. The standard InChI is InChI=1S/C19H21N3O3/c23-18(8-15-25-17-4-2-1-3-5-17)21-11-13-22(14-12-21)19(24)16-6-9-20-10-7-16/h1-7,9-10H,8,11-15H2. The number of ether oxygens (including phenoxy) is 1. The van der Waals surface area contributed by atoms with Crippen molar-refractivity contribution < 1.29 is 14.3 Å². The van der Waals surface area contributed by atoms with Crippen molar-refractivity contribution in [2.45, 2.75) is 6.42 Å². The molecule has 0 bridgehead atoms. The number of nitrogens with zero attached hydrogens (tertiary/aromatic N) is 3. The summed E-state index contributed by atoms with van der Waals surface area (Å²) in [5.74, 6) is 0.817. The van der Waals surface area contributed by atoms with Crippen LogP contribution in [0.25, 0.3) is 0 Å². The summed E-state index contributed by atoms with van der Waals surface area (Å²) >= 11 is 0. The predicted molar refractivity (Wildman–Crippen MR) is 93.3 cm³/mol. The Balaban J connectivity index is 1.42. The van der Waals surface area contributed by atoms with Gasteiger partial charge < -0.3 is 14.5 Å². The second kappa shape index (κ2) is 8.28. The molecule has 1 aliphatic rings. The van der Waals surface area contributed by atoms with Crippen LogP contribution in [0.3, 0.4) is 0 Å². The molecule has 1 aromatic heterocycles. The topological polar surface area (TPSA) is 62.7 Å². The van der Waals surface area contributed by atoms with Gasteiger partial charge >= 0.3 is 0 Å². The van der Waals surface area contributed by atoms with E-state index in [1.54, 1.807) is 34.3 Å². The van der Waals surface area contributed by atoms with Crippen molar-refractivity contribution in [1.29, 1.82) is 0 Å². The molecular weight excluding hydrogens is 318 g/mol. The smallest absolute Gasteiger partial charge is 0.254 e. The monoisotopic (exact) mass is 339 g/mol. The van der Waals surface area contributed by atoms with E-state index in [-0.39, 0.29) is 11.8 Å².